The Bertz CT molecular complexity index is 1560. The number of halogens is 3. The Morgan fingerprint density at radius 3 is 2.26 bits per heavy atom. The molecule has 10 heteroatoms. The summed E-state index contributed by atoms with van der Waals surface area (Å²) in [6.07, 6.45) is -4.52. The fourth-order valence-corrected chi connectivity index (χ4v) is 4.63. The van der Waals surface area contributed by atoms with Crippen LogP contribution in [0.4, 0.5) is 19.2 Å². The Balaban J connectivity index is 1.56. The van der Waals surface area contributed by atoms with E-state index in [2.05, 4.69) is 4.98 Å². The van der Waals surface area contributed by atoms with Crippen molar-refractivity contribution in [1.82, 2.24) is 4.98 Å². The lowest BCUT2D eigenvalue weighted by molar-refractivity contribution is -0.137. The number of ether oxygens (including phenoxy) is 2. The van der Waals surface area contributed by atoms with Crippen molar-refractivity contribution in [1.29, 1.82) is 0 Å². The molecule has 5 aromatic rings. The van der Waals surface area contributed by atoms with Gasteiger partial charge in [0.1, 0.15) is 17.0 Å². The minimum Gasteiger partial charge on any atom is -0.497 e. The second kappa shape index (κ2) is 10.2. The molecule has 3 aromatic carbocycles. The molecule has 0 spiro atoms. The smallest absolute Gasteiger partial charge is 0.416 e. The van der Waals surface area contributed by atoms with Crippen LogP contribution in [0.1, 0.15) is 21.5 Å². The summed E-state index contributed by atoms with van der Waals surface area (Å²) in [5.41, 5.74) is 2.82. The number of rotatable bonds is 7. The zero-order chi connectivity index (χ0) is 26.9. The summed E-state index contributed by atoms with van der Waals surface area (Å²) in [6.45, 7) is -0.00236. The molecule has 0 aliphatic heterocycles. The van der Waals surface area contributed by atoms with Gasteiger partial charge in [-0.05, 0) is 82.0 Å². The van der Waals surface area contributed by atoms with Crippen LogP contribution in [-0.2, 0) is 12.7 Å². The standard InChI is InChI=1S/C28H21F3N2O4S/c1-35-22-11-17(12-23(14-22)36-2)15-33(26(34)18-3-6-21(7-4-18)28(29,30)31)27-32-24-13-19(5-8-25(24)37-27)20-9-10-38-16-20/h3-14,16H,15H2,1-2H3. The maximum absolute atomic E-state index is 13.6. The number of thiophene rings is 1. The molecule has 0 atom stereocenters. The Morgan fingerprint density at radius 2 is 1.66 bits per heavy atom. The van der Waals surface area contributed by atoms with E-state index < -0.39 is 17.6 Å². The van der Waals surface area contributed by atoms with Crippen LogP contribution >= 0.6 is 11.3 Å². The van der Waals surface area contributed by atoms with E-state index in [0.717, 1.165) is 35.4 Å². The Morgan fingerprint density at radius 1 is 0.947 bits per heavy atom. The first kappa shape index (κ1) is 25.3. The van der Waals surface area contributed by atoms with E-state index in [1.807, 2.05) is 29.0 Å². The summed E-state index contributed by atoms with van der Waals surface area (Å²) < 4.78 is 55.9. The quantitative estimate of drug-likeness (QED) is 0.216. The molecule has 0 aliphatic carbocycles. The van der Waals surface area contributed by atoms with Gasteiger partial charge in [0, 0.05) is 11.6 Å². The number of anilines is 1. The van der Waals surface area contributed by atoms with Crippen LogP contribution in [0, 0.1) is 0 Å². The van der Waals surface area contributed by atoms with E-state index in [1.54, 1.807) is 35.6 Å². The minimum absolute atomic E-state index is 0.00236. The highest BCUT2D eigenvalue weighted by Gasteiger charge is 2.31. The van der Waals surface area contributed by atoms with Crippen LogP contribution < -0.4 is 14.4 Å². The molecular formula is C28H21F3N2O4S. The number of methoxy groups -OCH3 is 2. The number of aromatic nitrogens is 1. The lowest BCUT2D eigenvalue weighted by Gasteiger charge is -2.20. The van der Waals surface area contributed by atoms with E-state index in [9.17, 15) is 18.0 Å². The first-order valence-electron chi connectivity index (χ1n) is 11.4. The second-order valence-electron chi connectivity index (χ2n) is 8.38. The minimum atomic E-state index is -4.52. The average molecular weight is 539 g/mol. The molecule has 0 fully saturated rings. The van der Waals surface area contributed by atoms with Gasteiger partial charge >= 0.3 is 12.2 Å². The van der Waals surface area contributed by atoms with Crippen molar-refractivity contribution < 1.29 is 31.9 Å². The van der Waals surface area contributed by atoms with Gasteiger partial charge < -0.3 is 13.9 Å². The molecule has 38 heavy (non-hydrogen) atoms. The Kier molecular flexibility index (Phi) is 6.81. The van der Waals surface area contributed by atoms with Gasteiger partial charge in [-0.1, -0.05) is 6.07 Å². The van der Waals surface area contributed by atoms with Gasteiger partial charge in [-0.25, -0.2) is 0 Å². The molecule has 0 unspecified atom stereocenters. The van der Waals surface area contributed by atoms with Crippen LogP contribution in [0.15, 0.2) is 81.9 Å². The molecule has 0 aliphatic rings. The maximum Gasteiger partial charge on any atom is 0.416 e. The number of carbonyl (C=O) groups excluding carboxylic acids is 1. The molecule has 2 heterocycles. The molecule has 6 nitrogen and oxygen atoms in total. The van der Waals surface area contributed by atoms with Gasteiger partial charge in [-0.15, -0.1) is 0 Å². The number of nitrogens with zero attached hydrogens (tertiary/aromatic N) is 2. The lowest BCUT2D eigenvalue weighted by atomic mass is 10.1. The number of oxazole rings is 1. The van der Waals surface area contributed by atoms with Gasteiger partial charge in [-0.2, -0.15) is 29.5 Å². The predicted molar refractivity (Wildman–Crippen MR) is 139 cm³/mol. The highest BCUT2D eigenvalue weighted by atomic mass is 32.1. The summed E-state index contributed by atoms with van der Waals surface area (Å²) in [6, 6.07) is 16.7. The zero-order valence-electron chi connectivity index (χ0n) is 20.3. The topological polar surface area (TPSA) is 64.8 Å². The highest BCUT2D eigenvalue weighted by Crippen LogP contribution is 2.32. The molecule has 5 rings (SSSR count). The summed E-state index contributed by atoms with van der Waals surface area (Å²) in [5, 5.41) is 3.99. The third-order valence-corrected chi connectivity index (χ3v) is 6.60. The van der Waals surface area contributed by atoms with E-state index in [4.69, 9.17) is 13.9 Å². The number of hydrogen-bond acceptors (Lipinski definition) is 6. The van der Waals surface area contributed by atoms with Gasteiger partial charge in [0.2, 0.25) is 0 Å². The van der Waals surface area contributed by atoms with E-state index >= 15 is 0 Å². The molecule has 194 valence electrons. The molecule has 0 N–H and O–H groups in total. The van der Waals surface area contributed by atoms with Crippen molar-refractivity contribution in [2.75, 3.05) is 19.1 Å². The molecule has 0 radical (unpaired) electrons. The summed E-state index contributed by atoms with van der Waals surface area (Å²) in [7, 11) is 3.02. The van der Waals surface area contributed by atoms with Crippen LogP contribution in [-0.4, -0.2) is 25.1 Å². The molecule has 0 saturated carbocycles. The summed E-state index contributed by atoms with van der Waals surface area (Å²) >= 11 is 1.57. The summed E-state index contributed by atoms with van der Waals surface area (Å²) in [5.74, 6) is 0.448. The lowest BCUT2D eigenvalue weighted by Crippen LogP contribution is -2.30. The first-order chi connectivity index (χ1) is 18.2. The average Bonchev–Trinajstić information content (AvgIpc) is 3.60. The van der Waals surface area contributed by atoms with Crippen LogP contribution in [0.25, 0.3) is 22.2 Å². The zero-order valence-corrected chi connectivity index (χ0v) is 21.1. The SMILES string of the molecule is COc1cc(CN(C(=O)c2ccc(C(F)(F)F)cc2)c2nc3cc(-c4ccsc4)ccc3o2)cc(OC)c1. The number of fused-ring (bicyclic) bond motifs is 1. The van der Waals surface area contributed by atoms with Crippen molar-refractivity contribution >= 4 is 34.4 Å². The normalized spacial score (nSPS) is 11.5. The predicted octanol–water partition coefficient (Wildman–Crippen LogP) is 7.44. The number of amides is 1. The largest absolute Gasteiger partial charge is 0.497 e. The van der Waals surface area contributed by atoms with Gasteiger partial charge in [0.15, 0.2) is 5.58 Å². The van der Waals surface area contributed by atoms with Crippen LogP contribution in [0.2, 0.25) is 0 Å². The van der Waals surface area contributed by atoms with Crippen molar-refractivity contribution in [2.24, 2.45) is 0 Å². The molecule has 1 amide bonds. The van der Waals surface area contributed by atoms with Crippen LogP contribution in [0.5, 0.6) is 11.5 Å². The third-order valence-electron chi connectivity index (χ3n) is 5.92. The maximum atomic E-state index is 13.6. The summed E-state index contributed by atoms with van der Waals surface area (Å²) in [4.78, 5) is 19.5. The Labute approximate surface area is 219 Å². The van der Waals surface area contributed by atoms with E-state index in [0.29, 0.717) is 28.2 Å². The Hall–Kier alpha value is -4.31. The number of alkyl halides is 3. The van der Waals surface area contributed by atoms with Crippen molar-refractivity contribution in [3.05, 3.63) is 94.2 Å². The van der Waals surface area contributed by atoms with Crippen molar-refractivity contribution in [2.45, 2.75) is 12.7 Å². The molecular weight excluding hydrogens is 517 g/mol. The van der Waals surface area contributed by atoms with Gasteiger partial charge in [0.05, 0.1) is 26.3 Å². The molecule has 2 aromatic heterocycles. The van der Waals surface area contributed by atoms with Crippen molar-refractivity contribution in [3.63, 3.8) is 0 Å². The monoisotopic (exact) mass is 538 g/mol. The highest BCUT2D eigenvalue weighted by molar-refractivity contribution is 7.08. The van der Waals surface area contributed by atoms with E-state index in [-0.39, 0.29) is 18.1 Å². The van der Waals surface area contributed by atoms with Gasteiger partial charge in [0.25, 0.3) is 5.91 Å². The number of carbonyl (C=O) groups is 1. The fraction of sp³-hybridized carbons (Fsp3) is 0.143. The first-order valence-corrected chi connectivity index (χ1v) is 12.3. The third kappa shape index (κ3) is 5.21. The van der Waals surface area contributed by atoms with Gasteiger partial charge in [-0.3, -0.25) is 9.69 Å². The number of hydrogen-bond donors (Lipinski definition) is 0. The van der Waals surface area contributed by atoms with Crippen molar-refractivity contribution in [3.8, 4) is 22.6 Å². The van der Waals surface area contributed by atoms with E-state index in [1.165, 1.54) is 19.1 Å². The molecule has 0 bridgehead atoms. The second-order valence-corrected chi connectivity index (χ2v) is 9.16. The van der Waals surface area contributed by atoms with Crippen LogP contribution in [0.3, 0.4) is 0 Å². The molecule has 0 saturated heterocycles. The fourth-order valence-electron chi connectivity index (χ4n) is 3.96. The number of benzene rings is 3.